The average Bonchev–Trinajstić information content (AvgIpc) is 3.15. The van der Waals surface area contributed by atoms with Crippen molar-refractivity contribution in [2.24, 2.45) is 0 Å². The van der Waals surface area contributed by atoms with Crippen LogP contribution in [-0.2, 0) is 4.74 Å². The van der Waals surface area contributed by atoms with E-state index in [1.807, 2.05) is 6.07 Å². The van der Waals surface area contributed by atoms with Crippen LogP contribution < -0.4 is 5.32 Å². The van der Waals surface area contributed by atoms with Gasteiger partial charge in [0.15, 0.2) is 0 Å². The number of rotatable bonds is 6. The molecule has 1 aromatic heterocycles. The maximum atomic E-state index is 13.6. The van der Waals surface area contributed by atoms with Gasteiger partial charge in [-0.15, -0.1) is 0 Å². The molecule has 0 spiro atoms. The molecule has 28 heavy (non-hydrogen) atoms. The molecule has 1 amide bonds. The molecule has 146 valence electrons. The summed E-state index contributed by atoms with van der Waals surface area (Å²) in [5.74, 6) is -0.432. The molecule has 2 heterocycles. The predicted molar refractivity (Wildman–Crippen MR) is 106 cm³/mol. The van der Waals surface area contributed by atoms with E-state index in [0.717, 1.165) is 50.2 Å². The van der Waals surface area contributed by atoms with Crippen LogP contribution >= 0.6 is 0 Å². The fourth-order valence-electron chi connectivity index (χ4n) is 3.44. The van der Waals surface area contributed by atoms with Gasteiger partial charge in [0.2, 0.25) is 0 Å². The number of ether oxygens (including phenoxy) is 1. The average molecular weight is 382 g/mol. The van der Waals surface area contributed by atoms with Gasteiger partial charge in [-0.3, -0.25) is 14.8 Å². The van der Waals surface area contributed by atoms with Crippen LogP contribution in [0.5, 0.6) is 0 Å². The van der Waals surface area contributed by atoms with Crippen LogP contribution in [-0.4, -0.2) is 60.4 Å². The number of aromatic nitrogens is 2. The molecule has 4 rings (SSSR count). The first kappa shape index (κ1) is 18.6. The number of fused-ring (bicyclic) bond motifs is 1. The number of morpholine rings is 1. The second-order valence-corrected chi connectivity index (χ2v) is 6.91. The summed E-state index contributed by atoms with van der Waals surface area (Å²) < 4.78 is 18.9. The first-order chi connectivity index (χ1) is 13.7. The molecule has 6 nitrogen and oxygen atoms in total. The maximum absolute atomic E-state index is 13.6. The van der Waals surface area contributed by atoms with Crippen LogP contribution in [0.1, 0.15) is 16.8 Å². The maximum Gasteiger partial charge on any atom is 0.251 e. The lowest BCUT2D eigenvalue weighted by atomic mass is 10.1. The van der Waals surface area contributed by atoms with Crippen LogP contribution in [0.15, 0.2) is 42.5 Å². The van der Waals surface area contributed by atoms with Crippen molar-refractivity contribution in [2.75, 3.05) is 39.4 Å². The first-order valence-electron chi connectivity index (χ1n) is 9.53. The third-order valence-corrected chi connectivity index (χ3v) is 4.96. The Hall–Kier alpha value is -2.77. The minimum Gasteiger partial charge on any atom is -0.379 e. The van der Waals surface area contributed by atoms with E-state index < -0.39 is 0 Å². The number of carbonyl (C=O) groups is 1. The number of halogens is 1. The molecular weight excluding hydrogens is 359 g/mol. The van der Waals surface area contributed by atoms with E-state index in [0.29, 0.717) is 23.4 Å². The van der Waals surface area contributed by atoms with Gasteiger partial charge in [0.25, 0.3) is 5.91 Å². The van der Waals surface area contributed by atoms with Crippen molar-refractivity contribution in [3.63, 3.8) is 0 Å². The van der Waals surface area contributed by atoms with Gasteiger partial charge in [-0.1, -0.05) is 12.1 Å². The van der Waals surface area contributed by atoms with Gasteiger partial charge >= 0.3 is 0 Å². The Balaban J connectivity index is 1.42. The summed E-state index contributed by atoms with van der Waals surface area (Å²) in [6, 6.07) is 11.7. The molecule has 0 radical (unpaired) electrons. The Morgan fingerprint density at radius 2 is 2.07 bits per heavy atom. The van der Waals surface area contributed by atoms with Crippen molar-refractivity contribution in [3.8, 4) is 11.3 Å². The Morgan fingerprint density at radius 1 is 1.21 bits per heavy atom. The SMILES string of the molecule is O=C(NCCCN1CCOCC1)c1ccc2[nH]nc(-c3cccc(F)c3)c2c1. The normalized spacial score (nSPS) is 15.0. The highest BCUT2D eigenvalue weighted by Crippen LogP contribution is 2.27. The zero-order chi connectivity index (χ0) is 19.3. The summed E-state index contributed by atoms with van der Waals surface area (Å²) in [6.45, 7) is 5.04. The summed E-state index contributed by atoms with van der Waals surface area (Å²) in [5.41, 5.74) is 2.69. The van der Waals surface area contributed by atoms with Gasteiger partial charge in [0.1, 0.15) is 11.5 Å². The Morgan fingerprint density at radius 3 is 2.89 bits per heavy atom. The molecule has 0 saturated carbocycles. The van der Waals surface area contributed by atoms with E-state index in [1.54, 1.807) is 24.3 Å². The number of amides is 1. The third kappa shape index (κ3) is 4.21. The third-order valence-electron chi connectivity index (χ3n) is 4.96. The molecule has 1 fully saturated rings. The minimum atomic E-state index is -0.317. The zero-order valence-electron chi connectivity index (χ0n) is 15.6. The van der Waals surface area contributed by atoms with Crippen molar-refractivity contribution in [3.05, 3.63) is 53.8 Å². The number of benzene rings is 2. The van der Waals surface area contributed by atoms with E-state index in [4.69, 9.17) is 4.74 Å². The first-order valence-corrected chi connectivity index (χ1v) is 9.53. The molecule has 1 aliphatic heterocycles. The van der Waals surface area contributed by atoms with Crippen molar-refractivity contribution in [2.45, 2.75) is 6.42 Å². The molecule has 2 N–H and O–H groups in total. The van der Waals surface area contributed by atoms with E-state index in [-0.39, 0.29) is 11.7 Å². The molecule has 3 aromatic rings. The molecule has 0 bridgehead atoms. The number of nitrogens with one attached hydrogen (secondary N) is 2. The van der Waals surface area contributed by atoms with Crippen LogP contribution in [0.3, 0.4) is 0 Å². The molecule has 1 aliphatic rings. The van der Waals surface area contributed by atoms with E-state index >= 15 is 0 Å². The number of carbonyl (C=O) groups excluding carboxylic acids is 1. The number of H-pyrrole nitrogens is 1. The Labute approximate surface area is 162 Å². The topological polar surface area (TPSA) is 70.2 Å². The zero-order valence-corrected chi connectivity index (χ0v) is 15.6. The Bertz CT molecular complexity index is 966. The van der Waals surface area contributed by atoms with Crippen LogP contribution in [0, 0.1) is 5.82 Å². The highest BCUT2D eigenvalue weighted by molar-refractivity contribution is 6.01. The second-order valence-electron chi connectivity index (χ2n) is 6.91. The number of aromatic amines is 1. The lowest BCUT2D eigenvalue weighted by Crippen LogP contribution is -2.38. The molecule has 2 aromatic carbocycles. The van der Waals surface area contributed by atoms with E-state index in [1.165, 1.54) is 12.1 Å². The van der Waals surface area contributed by atoms with Crippen LogP contribution in [0.25, 0.3) is 22.2 Å². The van der Waals surface area contributed by atoms with Gasteiger partial charge < -0.3 is 10.1 Å². The summed E-state index contributed by atoms with van der Waals surface area (Å²) in [5, 5.41) is 11.0. The number of hydrogen-bond acceptors (Lipinski definition) is 4. The van der Waals surface area contributed by atoms with Gasteiger partial charge in [0, 0.05) is 36.1 Å². The summed E-state index contributed by atoms with van der Waals surface area (Å²) in [7, 11) is 0. The standard InChI is InChI=1S/C21H23FN4O2/c22-17-4-1-3-15(13-17)20-18-14-16(5-6-19(18)24-25-20)21(27)23-7-2-8-26-9-11-28-12-10-26/h1,3-6,13-14H,2,7-12H2,(H,23,27)(H,24,25). The Kier molecular flexibility index (Phi) is 5.64. The molecule has 0 aliphatic carbocycles. The molecule has 0 atom stereocenters. The van der Waals surface area contributed by atoms with Crippen molar-refractivity contribution < 1.29 is 13.9 Å². The summed E-state index contributed by atoms with van der Waals surface area (Å²) in [4.78, 5) is 14.9. The smallest absolute Gasteiger partial charge is 0.251 e. The monoisotopic (exact) mass is 382 g/mol. The van der Waals surface area contributed by atoms with Crippen LogP contribution in [0.2, 0.25) is 0 Å². The van der Waals surface area contributed by atoms with Crippen LogP contribution in [0.4, 0.5) is 4.39 Å². The van der Waals surface area contributed by atoms with Gasteiger partial charge in [0.05, 0.1) is 18.7 Å². The second kappa shape index (κ2) is 8.50. The fraction of sp³-hybridized carbons (Fsp3) is 0.333. The van der Waals surface area contributed by atoms with Crippen molar-refractivity contribution in [1.82, 2.24) is 20.4 Å². The molecule has 0 unspecified atom stereocenters. The fourth-order valence-corrected chi connectivity index (χ4v) is 3.44. The number of nitrogens with zero attached hydrogens (tertiary/aromatic N) is 2. The molecular formula is C21H23FN4O2. The van der Waals surface area contributed by atoms with Gasteiger partial charge in [-0.2, -0.15) is 5.10 Å². The van der Waals surface area contributed by atoms with Crippen molar-refractivity contribution >= 4 is 16.8 Å². The van der Waals surface area contributed by atoms with Gasteiger partial charge in [-0.25, -0.2) is 4.39 Å². The largest absolute Gasteiger partial charge is 0.379 e. The lowest BCUT2D eigenvalue weighted by Gasteiger charge is -2.26. The van der Waals surface area contributed by atoms with Crippen molar-refractivity contribution in [1.29, 1.82) is 0 Å². The molecule has 1 saturated heterocycles. The minimum absolute atomic E-state index is 0.115. The number of hydrogen-bond donors (Lipinski definition) is 2. The summed E-state index contributed by atoms with van der Waals surface area (Å²) in [6.07, 6.45) is 0.897. The quantitative estimate of drug-likeness (QED) is 0.643. The van der Waals surface area contributed by atoms with E-state index in [2.05, 4.69) is 20.4 Å². The lowest BCUT2D eigenvalue weighted by molar-refractivity contribution is 0.0374. The molecule has 7 heteroatoms. The highest BCUT2D eigenvalue weighted by atomic mass is 19.1. The van der Waals surface area contributed by atoms with E-state index in [9.17, 15) is 9.18 Å². The van der Waals surface area contributed by atoms with Gasteiger partial charge in [-0.05, 0) is 43.3 Å². The summed E-state index contributed by atoms with van der Waals surface area (Å²) >= 11 is 0. The highest BCUT2D eigenvalue weighted by Gasteiger charge is 2.13. The predicted octanol–water partition coefficient (Wildman–Crippen LogP) is 2.82.